The minimum Gasteiger partial charge on any atom is -0.466 e. The number of hydrogen-bond acceptors (Lipinski definition) is 4. The molecule has 0 saturated carbocycles. The zero-order chi connectivity index (χ0) is 15.7. The molecule has 2 saturated heterocycles. The minimum absolute atomic E-state index is 0.0527. The van der Waals surface area contributed by atoms with Gasteiger partial charge < -0.3 is 18.8 Å². The smallest absolute Gasteiger partial charge is 0.257 e. The van der Waals surface area contributed by atoms with Gasteiger partial charge in [-0.2, -0.15) is 0 Å². The molecular weight excluding hydrogens is 282 g/mol. The third kappa shape index (κ3) is 2.92. The zero-order valence-corrected chi connectivity index (χ0v) is 13.7. The van der Waals surface area contributed by atoms with Gasteiger partial charge in [-0.1, -0.05) is 0 Å². The summed E-state index contributed by atoms with van der Waals surface area (Å²) in [5.74, 6) is 1.53. The number of amides is 1. The van der Waals surface area contributed by atoms with Crippen LogP contribution in [0.25, 0.3) is 0 Å². The van der Waals surface area contributed by atoms with Gasteiger partial charge in [0.25, 0.3) is 5.91 Å². The highest BCUT2D eigenvalue weighted by Crippen LogP contribution is 2.36. The molecule has 0 aromatic carbocycles. The molecule has 122 valence electrons. The molecule has 22 heavy (non-hydrogen) atoms. The van der Waals surface area contributed by atoms with Gasteiger partial charge >= 0.3 is 0 Å². The van der Waals surface area contributed by atoms with Gasteiger partial charge in [-0.25, -0.2) is 0 Å². The number of carbonyl (C=O) groups is 1. The van der Waals surface area contributed by atoms with E-state index in [9.17, 15) is 4.79 Å². The van der Waals surface area contributed by atoms with Crippen LogP contribution >= 0.6 is 0 Å². The second-order valence-corrected chi connectivity index (χ2v) is 6.43. The highest BCUT2D eigenvalue weighted by atomic mass is 16.6. The van der Waals surface area contributed by atoms with E-state index in [4.69, 9.17) is 13.9 Å². The molecular formula is C17H25NO4. The summed E-state index contributed by atoms with van der Waals surface area (Å²) in [5.41, 5.74) is 0.453. The Bertz CT molecular complexity index is 553. The summed E-state index contributed by atoms with van der Waals surface area (Å²) in [6.07, 6.45) is 3.02. The van der Waals surface area contributed by atoms with Crippen LogP contribution in [0.1, 0.15) is 48.1 Å². The van der Waals surface area contributed by atoms with Crippen LogP contribution in [0.3, 0.4) is 0 Å². The third-order valence-electron chi connectivity index (χ3n) is 4.68. The molecule has 2 aliphatic rings. The van der Waals surface area contributed by atoms with Crippen LogP contribution in [-0.4, -0.2) is 48.8 Å². The summed E-state index contributed by atoms with van der Waals surface area (Å²) in [4.78, 5) is 14.7. The summed E-state index contributed by atoms with van der Waals surface area (Å²) in [7, 11) is 0. The number of furan rings is 1. The molecule has 3 rings (SSSR count). The number of rotatable bonds is 3. The standard InChI is InChI=1S/C17H25NO4/c1-4-20-14-9-17(21-10-14)6-5-7-18(11-17)16(19)15-8-12(2)22-13(15)3/h8,14H,4-7,9-11H2,1-3H3/t14-,17-/m0/s1. The SMILES string of the molecule is CCO[C@@H]1CO[C@@]2(CCCN(C(=O)c3cc(C)oc3C)C2)C1. The Morgan fingerprint density at radius 2 is 2.32 bits per heavy atom. The quantitative estimate of drug-likeness (QED) is 0.861. The van der Waals surface area contributed by atoms with Gasteiger partial charge in [-0.3, -0.25) is 4.79 Å². The molecule has 0 unspecified atom stereocenters. The first kappa shape index (κ1) is 15.6. The van der Waals surface area contributed by atoms with Crippen LogP contribution in [0.5, 0.6) is 0 Å². The Labute approximate surface area is 131 Å². The van der Waals surface area contributed by atoms with Gasteiger partial charge in [-0.15, -0.1) is 0 Å². The van der Waals surface area contributed by atoms with Crippen LogP contribution in [0.15, 0.2) is 10.5 Å². The molecule has 0 aliphatic carbocycles. The number of aryl methyl sites for hydroxylation is 2. The maximum Gasteiger partial charge on any atom is 0.257 e. The van der Waals surface area contributed by atoms with E-state index in [1.165, 1.54) is 0 Å². The van der Waals surface area contributed by atoms with E-state index in [0.29, 0.717) is 31.1 Å². The van der Waals surface area contributed by atoms with Crippen LogP contribution in [-0.2, 0) is 9.47 Å². The highest BCUT2D eigenvalue weighted by molar-refractivity contribution is 5.95. The lowest BCUT2D eigenvalue weighted by atomic mass is 9.89. The monoisotopic (exact) mass is 307 g/mol. The molecule has 2 aliphatic heterocycles. The summed E-state index contributed by atoms with van der Waals surface area (Å²) < 4.78 is 17.2. The number of carbonyl (C=O) groups excluding carboxylic acids is 1. The van der Waals surface area contributed by atoms with Crippen LogP contribution in [0.4, 0.5) is 0 Å². The summed E-state index contributed by atoms with van der Waals surface area (Å²) >= 11 is 0. The molecule has 0 N–H and O–H groups in total. The molecule has 1 spiro atoms. The fourth-order valence-electron chi connectivity index (χ4n) is 3.71. The molecule has 1 amide bonds. The van der Waals surface area contributed by atoms with Crippen molar-refractivity contribution in [1.82, 2.24) is 4.90 Å². The van der Waals surface area contributed by atoms with Crippen molar-refractivity contribution < 1.29 is 18.7 Å². The van der Waals surface area contributed by atoms with Crippen LogP contribution in [0.2, 0.25) is 0 Å². The van der Waals surface area contributed by atoms with E-state index in [-0.39, 0.29) is 17.6 Å². The van der Waals surface area contributed by atoms with E-state index in [2.05, 4.69) is 0 Å². The highest BCUT2D eigenvalue weighted by Gasteiger charge is 2.45. The Hall–Kier alpha value is -1.33. The third-order valence-corrected chi connectivity index (χ3v) is 4.68. The van der Waals surface area contributed by atoms with Crippen molar-refractivity contribution in [3.8, 4) is 0 Å². The molecule has 0 bridgehead atoms. The maximum absolute atomic E-state index is 12.8. The molecule has 2 atom stereocenters. The van der Waals surface area contributed by atoms with Gasteiger partial charge in [0.1, 0.15) is 11.5 Å². The Kier molecular flexibility index (Phi) is 4.28. The van der Waals surface area contributed by atoms with E-state index < -0.39 is 0 Å². The van der Waals surface area contributed by atoms with Crippen molar-refractivity contribution >= 4 is 5.91 Å². The molecule has 1 aromatic rings. The Morgan fingerprint density at radius 1 is 1.50 bits per heavy atom. The molecule has 0 radical (unpaired) electrons. The summed E-state index contributed by atoms with van der Waals surface area (Å²) in [6.45, 7) is 8.50. The van der Waals surface area contributed by atoms with Gasteiger partial charge in [0.05, 0.1) is 30.4 Å². The van der Waals surface area contributed by atoms with E-state index in [0.717, 1.165) is 31.6 Å². The second kappa shape index (κ2) is 6.05. The van der Waals surface area contributed by atoms with Crippen molar-refractivity contribution in [3.05, 3.63) is 23.2 Å². The zero-order valence-electron chi connectivity index (χ0n) is 13.7. The number of piperidine rings is 1. The van der Waals surface area contributed by atoms with Crippen LogP contribution < -0.4 is 0 Å². The minimum atomic E-state index is -0.222. The van der Waals surface area contributed by atoms with Crippen molar-refractivity contribution in [1.29, 1.82) is 0 Å². The number of ether oxygens (including phenoxy) is 2. The molecule has 2 fully saturated rings. The summed E-state index contributed by atoms with van der Waals surface area (Å²) in [5, 5.41) is 0. The Balaban J connectivity index is 1.71. The molecule has 3 heterocycles. The average molecular weight is 307 g/mol. The van der Waals surface area contributed by atoms with E-state index in [1.54, 1.807) is 0 Å². The van der Waals surface area contributed by atoms with Crippen molar-refractivity contribution in [2.24, 2.45) is 0 Å². The lowest BCUT2D eigenvalue weighted by Crippen LogP contribution is -2.50. The van der Waals surface area contributed by atoms with E-state index >= 15 is 0 Å². The maximum atomic E-state index is 12.8. The number of likely N-dealkylation sites (tertiary alicyclic amines) is 1. The average Bonchev–Trinajstić information content (AvgIpc) is 3.02. The van der Waals surface area contributed by atoms with Gasteiger partial charge in [0.2, 0.25) is 0 Å². The van der Waals surface area contributed by atoms with Crippen molar-refractivity contribution in [3.63, 3.8) is 0 Å². The fourth-order valence-corrected chi connectivity index (χ4v) is 3.71. The lowest BCUT2D eigenvalue weighted by Gasteiger charge is -2.39. The number of hydrogen-bond donors (Lipinski definition) is 0. The van der Waals surface area contributed by atoms with Gasteiger partial charge in [-0.05, 0) is 39.7 Å². The van der Waals surface area contributed by atoms with Gasteiger partial charge in [0.15, 0.2) is 0 Å². The molecule has 1 aromatic heterocycles. The normalized spacial score (nSPS) is 28.5. The lowest BCUT2D eigenvalue weighted by molar-refractivity contribution is -0.0462. The van der Waals surface area contributed by atoms with Crippen LogP contribution in [0, 0.1) is 13.8 Å². The molecule has 5 heteroatoms. The first-order chi connectivity index (χ1) is 10.5. The first-order valence-electron chi connectivity index (χ1n) is 8.15. The predicted octanol–water partition coefficient (Wildman–Crippen LogP) is 2.70. The Morgan fingerprint density at radius 3 is 3.00 bits per heavy atom. The summed E-state index contributed by atoms with van der Waals surface area (Å²) in [6, 6.07) is 1.83. The van der Waals surface area contributed by atoms with Crippen molar-refractivity contribution in [2.75, 3.05) is 26.3 Å². The second-order valence-electron chi connectivity index (χ2n) is 6.43. The van der Waals surface area contributed by atoms with E-state index in [1.807, 2.05) is 31.7 Å². The topological polar surface area (TPSA) is 51.9 Å². The number of nitrogens with zero attached hydrogens (tertiary/aromatic N) is 1. The fraction of sp³-hybridized carbons (Fsp3) is 0.706. The largest absolute Gasteiger partial charge is 0.466 e. The molecule has 5 nitrogen and oxygen atoms in total. The van der Waals surface area contributed by atoms with Gasteiger partial charge in [0, 0.05) is 19.6 Å². The predicted molar refractivity (Wildman–Crippen MR) is 82.0 cm³/mol. The first-order valence-corrected chi connectivity index (χ1v) is 8.15. The van der Waals surface area contributed by atoms with Crippen molar-refractivity contribution in [2.45, 2.75) is 51.7 Å².